The average molecular weight is 200 g/mol. The van der Waals surface area contributed by atoms with E-state index in [2.05, 4.69) is 11.8 Å². The molecule has 74 valence electrons. The predicted octanol–water partition coefficient (Wildman–Crippen LogP) is 1.70. The Morgan fingerprint density at radius 2 is 1.92 bits per heavy atom. The van der Waals surface area contributed by atoms with E-state index in [0.29, 0.717) is 0 Å². The zero-order valence-corrected chi connectivity index (χ0v) is 9.76. The molecule has 0 aromatic rings. The van der Waals surface area contributed by atoms with Crippen molar-refractivity contribution in [3.05, 3.63) is 0 Å². The summed E-state index contributed by atoms with van der Waals surface area (Å²) in [5, 5.41) is 8.92. The molecule has 0 aromatic carbocycles. The largest absolute Gasteiger partial charge is 0.478 e. The lowest BCUT2D eigenvalue weighted by Crippen LogP contribution is -2.45. The van der Waals surface area contributed by atoms with Crippen molar-refractivity contribution in [2.24, 2.45) is 0 Å². The maximum atomic E-state index is 10.9. The molecule has 1 N–H and O–H groups in total. The first kappa shape index (κ1) is 12.2. The Morgan fingerprint density at radius 1 is 1.46 bits per heavy atom. The van der Waals surface area contributed by atoms with Crippen molar-refractivity contribution >= 4 is 14.3 Å². The summed E-state index contributed by atoms with van der Waals surface area (Å²) in [6.07, 6.45) is 0. The predicted molar refractivity (Wildman–Crippen MR) is 53.9 cm³/mol. The van der Waals surface area contributed by atoms with Gasteiger partial charge in [-0.2, -0.15) is 0 Å². The van der Waals surface area contributed by atoms with Crippen LogP contribution in [0.5, 0.6) is 0 Å². The van der Waals surface area contributed by atoms with Gasteiger partial charge in [0.25, 0.3) is 0 Å². The maximum absolute atomic E-state index is 10.9. The van der Waals surface area contributed by atoms with Gasteiger partial charge >= 0.3 is 5.97 Å². The molecule has 0 fully saturated rings. The highest BCUT2D eigenvalue weighted by atomic mass is 28.4. The van der Waals surface area contributed by atoms with E-state index < -0.39 is 19.9 Å². The lowest BCUT2D eigenvalue weighted by Gasteiger charge is -2.28. The van der Waals surface area contributed by atoms with Gasteiger partial charge in [0, 0.05) is 0 Å². The molecule has 0 aromatic heterocycles. The molecule has 13 heavy (non-hydrogen) atoms. The molecule has 0 aliphatic rings. The van der Waals surface area contributed by atoms with E-state index >= 15 is 0 Å². The van der Waals surface area contributed by atoms with Crippen LogP contribution in [0.4, 0.5) is 0 Å². The number of carboxylic acid groups (broad SMARTS) is 1. The Labute approximate surface area is 80.2 Å². The van der Waals surface area contributed by atoms with Crippen LogP contribution in [-0.4, -0.2) is 25.0 Å². The first-order chi connectivity index (χ1) is 5.71. The SMILES string of the molecule is CC#CC(C)(O[Si](C)(C)C)C(=O)O. The van der Waals surface area contributed by atoms with Crippen molar-refractivity contribution in [3.8, 4) is 11.8 Å². The number of carbonyl (C=O) groups is 1. The number of hydrogen-bond acceptors (Lipinski definition) is 2. The first-order valence-electron chi connectivity index (χ1n) is 4.09. The van der Waals surface area contributed by atoms with Crippen molar-refractivity contribution in [2.75, 3.05) is 0 Å². The highest BCUT2D eigenvalue weighted by molar-refractivity contribution is 6.70. The van der Waals surface area contributed by atoms with Gasteiger partial charge in [0.15, 0.2) is 8.32 Å². The van der Waals surface area contributed by atoms with Gasteiger partial charge in [-0.25, -0.2) is 4.79 Å². The third-order valence-electron chi connectivity index (χ3n) is 1.28. The van der Waals surface area contributed by atoms with Gasteiger partial charge in [-0.1, -0.05) is 5.92 Å². The molecule has 1 atom stereocenters. The Morgan fingerprint density at radius 3 is 2.15 bits per heavy atom. The van der Waals surface area contributed by atoms with Crippen LogP contribution in [0.3, 0.4) is 0 Å². The normalized spacial score (nSPS) is 15.5. The van der Waals surface area contributed by atoms with Gasteiger partial charge in [0.2, 0.25) is 5.60 Å². The summed E-state index contributed by atoms with van der Waals surface area (Å²) in [5.74, 6) is 4.13. The molecule has 0 bridgehead atoms. The summed E-state index contributed by atoms with van der Waals surface area (Å²) in [7, 11) is -1.88. The van der Waals surface area contributed by atoms with Crippen LogP contribution in [0, 0.1) is 11.8 Å². The molecule has 0 saturated carbocycles. The molecule has 0 radical (unpaired) electrons. The summed E-state index contributed by atoms with van der Waals surface area (Å²) >= 11 is 0. The second-order valence-electron chi connectivity index (χ2n) is 3.93. The number of carboxylic acids is 1. The summed E-state index contributed by atoms with van der Waals surface area (Å²) in [6, 6.07) is 0. The van der Waals surface area contributed by atoms with Crippen LogP contribution in [0.1, 0.15) is 13.8 Å². The summed E-state index contributed by atoms with van der Waals surface area (Å²) < 4.78 is 5.49. The van der Waals surface area contributed by atoms with Gasteiger partial charge in [0.05, 0.1) is 0 Å². The molecule has 1 unspecified atom stereocenters. The quantitative estimate of drug-likeness (QED) is 0.557. The molecule has 4 heteroatoms. The van der Waals surface area contributed by atoms with Crippen LogP contribution in [0.2, 0.25) is 19.6 Å². The van der Waals surface area contributed by atoms with Crippen LogP contribution in [-0.2, 0) is 9.22 Å². The van der Waals surface area contributed by atoms with Crippen LogP contribution in [0.25, 0.3) is 0 Å². The van der Waals surface area contributed by atoms with Gasteiger partial charge in [-0.05, 0) is 33.5 Å². The van der Waals surface area contributed by atoms with Gasteiger partial charge < -0.3 is 9.53 Å². The van der Waals surface area contributed by atoms with Crippen molar-refractivity contribution < 1.29 is 14.3 Å². The van der Waals surface area contributed by atoms with Gasteiger partial charge in [-0.15, -0.1) is 5.92 Å². The van der Waals surface area contributed by atoms with Crippen molar-refractivity contribution in [1.29, 1.82) is 0 Å². The molecule has 0 rings (SSSR count). The van der Waals surface area contributed by atoms with E-state index in [1.165, 1.54) is 6.92 Å². The fraction of sp³-hybridized carbons (Fsp3) is 0.667. The Bertz CT molecular complexity index is 256. The van der Waals surface area contributed by atoms with Crippen molar-refractivity contribution in [1.82, 2.24) is 0 Å². The smallest absolute Gasteiger partial charge is 0.347 e. The topological polar surface area (TPSA) is 46.5 Å². The van der Waals surface area contributed by atoms with E-state index in [-0.39, 0.29) is 0 Å². The molecule has 0 heterocycles. The highest BCUT2D eigenvalue weighted by Crippen LogP contribution is 2.17. The van der Waals surface area contributed by atoms with Gasteiger partial charge in [0.1, 0.15) is 0 Å². The Hall–Kier alpha value is -0.793. The summed E-state index contributed by atoms with van der Waals surface area (Å²) in [6.45, 7) is 8.90. The monoisotopic (exact) mass is 200 g/mol. The second kappa shape index (κ2) is 3.94. The molecule has 0 saturated heterocycles. The Kier molecular flexibility index (Phi) is 3.70. The van der Waals surface area contributed by atoms with Gasteiger partial charge in [-0.3, -0.25) is 0 Å². The molecule has 0 aliphatic carbocycles. The van der Waals surface area contributed by atoms with E-state index in [1.54, 1.807) is 6.92 Å². The number of hydrogen-bond donors (Lipinski definition) is 1. The molecule has 0 spiro atoms. The lowest BCUT2D eigenvalue weighted by atomic mass is 10.1. The third kappa shape index (κ3) is 4.11. The minimum absolute atomic E-state index is 1.02. The minimum Gasteiger partial charge on any atom is -0.478 e. The molecule has 3 nitrogen and oxygen atoms in total. The minimum atomic E-state index is -1.88. The average Bonchev–Trinajstić information content (AvgIpc) is 1.82. The first-order valence-corrected chi connectivity index (χ1v) is 7.49. The third-order valence-corrected chi connectivity index (χ3v) is 2.30. The van der Waals surface area contributed by atoms with Crippen LogP contribution < -0.4 is 0 Å². The van der Waals surface area contributed by atoms with Crippen molar-refractivity contribution in [3.63, 3.8) is 0 Å². The highest BCUT2D eigenvalue weighted by Gasteiger charge is 2.36. The lowest BCUT2D eigenvalue weighted by molar-refractivity contribution is -0.149. The maximum Gasteiger partial charge on any atom is 0.347 e. The summed E-state index contributed by atoms with van der Waals surface area (Å²) in [5.41, 5.74) is -1.35. The summed E-state index contributed by atoms with van der Waals surface area (Å²) in [4.78, 5) is 10.9. The standard InChI is InChI=1S/C9H16O3Si/c1-6-7-9(2,8(10)11)12-13(3,4)5/h1-5H3,(H,10,11). The van der Waals surface area contributed by atoms with E-state index in [1.807, 2.05) is 19.6 Å². The molecular weight excluding hydrogens is 184 g/mol. The number of rotatable bonds is 3. The molecule has 0 amide bonds. The van der Waals surface area contributed by atoms with E-state index in [9.17, 15) is 4.79 Å². The number of aliphatic carboxylic acids is 1. The zero-order chi connectivity index (χ0) is 10.7. The zero-order valence-electron chi connectivity index (χ0n) is 8.76. The van der Waals surface area contributed by atoms with Crippen molar-refractivity contribution in [2.45, 2.75) is 39.1 Å². The van der Waals surface area contributed by atoms with Crippen LogP contribution >= 0.6 is 0 Å². The van der Waals surface area contributed by atoms with Crippen LogP contribution in [0.15, 0.2) is 0 Å². The fourth-order valence-corrected chi connectivity index (χ4v) is 2.34. The molecular formula is C9H16O3Si. The van der Waals surface area contributed by atoms with E-state index in [4.69, 9.17) is 9.53 Å². The fourth-order valence-electron chi connectivity index (χ4n) is 0.974. The Balaban J connectivity index is 4.79. The molecule has 0 aliphatic heterocycles. The second-order valence-corrected chi connectivity index (χ2v) is 8.36. The van der Waals surface area contributed by atoms with E-state index in [0.717, 1.165) is 0 Å².